The van der Waals surface area contributed by atoms with E-state index in [9.17, 15) is 4.79 Å². The second kappa shape index (κ2) is 8.39. The largest absolute Gasteiger partial charge is 0.355 e. The van der Waals surface area contributed by atoms with Gasteiger partial charge in [0.25, 0.3) is 0 Å². The van der Waals surface area contributed by atoms with Crippen LogP contribution in [0, 0.1) is 0 Å². The van der Waals surface area contributed by atoms with Crippen molar-refractivity contribution in [1.29, 1.82) is 0 Å². The molecule has 0 saturated heterocycles. The van der Waals surface area contributed by atoms with E-state index in [0.29, 0.717) is 0 Å². The number of thioether (sulfide) groups is 1. The van der Waals surface area contributed by atoms with Crippen molar-refractivity contribution in [3.8, 4) is 0 Å². The summed E-state index contributed by atoms with van der Waals surface area (Å²) in [5.41, 5.74) is 2.22. The first-order valence-electron chi connectivity index (χ1n) is 8.77. The van der Waals surface area contributed by atoms with Crippen LogP contribution in [0.1, 0.15) is 36.8 Å². The van der Waals surface area contributed by atoms with Gasteiger partial charge in [0.05, 0.1) is 5.41 Å². The van der Waals surface area contributed by atoms with Gasteiger partial charge in [-0.25, -0.2) is 0 Å². The number of rotatable bonds is 7. The van der Waals surface area contributed by atoms with Crippen LogP contribution < -0.4 is 5.32 Å². The second-order valence-corrected chi connectivity index (χ2v) is 7.55. The number of nitrogens with one attached hydrogen (secondary N) is 1. The number of benzene rings is 2. The zero-order chi connectivity index (χ0) is 16.7. The highest BCUT2D eigenvalue weighted by Crippen LogP contribution is 2.41. The quantitative estimate of drug-likeness (QED) is 0.750. The summed E-state index contributed by atoms with van der Waals surface area (Å²) >= 11 is 1.87. The molecule has 2 nitrogen and oxygen atoms in total. The lowest BCUT2D eigenvalue weighted by Crippen LogP contribution is -2.43. The highest BCUT2D eigenvalue weighted by molar-refractivity contribution is 7.98. The highest BCUT2D eigenvalue weighted by atomic mass is 32.2. The van der Waals surface area contributed by atoms with Crippen LogP contribution in [0.5, 0.6) is 0 Å². The van der Waals surface area contributed by atoms with Gasteiger partial charge in [-0.05, 0) is 24.0 Å². The van der Waals surface area contributed by atoms with Gasteiger partial charge >= 0.3 is 0 Å². The molecule has 1 N–H and O–H groups in total. The molecule has 2 aromatic rings. The van der Waals surface area contributed by atoms with Gasteiger partial charge in [0.15, 0.2) is 0 Å². The second-order valence-electron chi connectivity index (χ2n) is 6.45. The smallest absolute Gasteiger partial charge is 0.230 e. The summed E-state index contributed by atoms with van der Waals surface area (Å²) < 4.78 is 0. The molecule has 0 atom stereocenters. The summed E-state index contributed by atoms with van der Waals surface area (Å²) in [5, 5.41) is 3.19. The summed E-state index contributed by atoms with van der Waals surface area (Å²) in [6, 6.07) is 20.8. The van der Waals surface area contributed by atoms with Crippen LogP contribution in [-0.2, 0) is 16.0 Å². The molecule has 1 aliphatic carbocycles. The average Bonchev–Trinajstić information content (AvgIpc) is 3.14. The monoisotopic (exact) mass is 339 g/mol. The van der Waals surface area contributed by atoms with Crippen molar-refractivity contribution in [2.75, 3.05) is 12.3 Å². The van der Waals surface area contributed by atoms with E-state index in [1.54, 1.807) is 0 Å². The summed E-state index contributed by atoms with van der Waals surface area (Å²) in [5.74, 6) is 2.16. The van der Waals surface area contributed by atoms with Crippen LogP contribution in [0.4, 0.5) is 0 Å². The van der Waals surface area contributed by atoms with Gasteiger partial charge in [0.2, 0.25) is 5.91 Å². The van der Waals surface area contributed by atoms with E-state index in [0.717, 1.165) is 43.7 Å². The Labute approximate surface area is 149 Å². The Morgan fingerprint density at radius 3 is 2.25 bits per heavy atom. The third-order valence-corrected chi connectivity index (χ3v) is 5.89. The molecule has 0 aromatic heterocycles. The van der Waals surface area contributed by atoms with Gasteiger partial charge in [-0.15, -0.1) is 0 Å². The fourth-order valence-electron chi connectivity index (χ4n) is 3.55. The van der Waals surface area contributed by atoms with Crippen molar-refractivity contribution in [3.63, 3.8) is 0 Å². The maximum Gasteiger partial charge on any atom is 0.230 e. The van der Waals surface area contributed by atoms with Crippen molar-refractivity contribution < 1.29 is 4.79 Å². The first-order valence-corrected chi connectivity index (χ1v) is 9.92. The number of hydrogen-bond acceptors (Lipinski definition) is 2. The number of carbonyl (C=O) groups excluding carboxylic acids is 1. The fraction of sp³-hybridized carbons (Fsp3) is 0.381. The number of amides is 1. The Balaban J connectivity index is 1.50. The van der Waals surface area contributed by atoms with Gasteiger partial charge in [0.1, 0.15) is 0 Å². The lowest BCUT2D eigenvalue weighted by molar-refractivity contribution is -0.126. The van der Waals surface area contributed by atoms with Crippen molar-refractivity contribution in [2.45, 2.75) is 36.9 Å². The van der Waals surface area contributed by atoms with Crippen LogP contribution >= 0.6 is 11.8 Å². The fourth-order valence-corrected chi connectivity index (χ4v) is 4.37. The van der Waals surface area contributed by atoms with Crippen molar-refractivity contribution in [2.24, 2.45) is 0 Å². The molecule has 2 aromatic carbocycles. The van der Waals surface area contributed by atoms with Crippen LogP contribution in [0.25, 0.3) is 0 Å². The molecule has 24 heavy (non-hydrogen) atoms. The zero-order valence-corrected chi connectivity index (χ0v) is 14.9. The minimum absolute atomic E-state index is 0.214. The molecule has 126 valence electrons. The van der Waals surface area contributed by atoms with Crippen molar-refractivity contribution >= 4 is 17.7 Å². The molecule has 0 spiro atoms. The predicted octanol–water partition coefficient (Wildman–Crippen LogP) is 4.55. The van der Waals surface area contributed by atoms with E-state index in [2.05, 4.69) is 41.7 Å². The van der Waals surface area contributed by atoms with Crippen LogP contribution in [-0.4, -0.2) is 18.2 Å². The van der Waals surface area contributed by atoms with E-state index in [4.69, 9.17) is 0 Å². The molecule has 3 heteroatoms. The van der Waals surface area contributed by atoms with Crippen LogP contribution in [0.2, 0.25) is 0 Å². The van der Waals surface area contributed by atoms with Crippen LogP contribution in [0.3, 0.4) is 0 Å². The van der Waals surface area contributed by atoms with Gasteiger partial charge in [-0.2, -0.15) is 11.8 Å². The van der Waals surface area contributed by atoms with Gasteiger partial charge in [0, 0.05) is 18.1 Å². The van der Waals surface area contributed by atoms with Crippen molar-refractivity contribution in [1.82, 2.24) is 5.32 Å². The Kier molecular flexibility index (Phi) is 5.97. The highest BCUT2D eigenvalue weighted by Gasteiger charge is 2.42. The summed E-state index contributed by atoms with van der Waals surface area (Å²) in [6.07, 6.45) is 4.23. The molecule has 3 rings (SSSR count). The van der Waals surface area contributed by atoms with E-state index in [1.807, 2.05) is 36.0 Å². The molecule has 1 aliphatic rings. The Morgan fingerprint density at radius 2 is 1.58 bits per heavy atom. The molecule has 0 radical (unpaired) electrons. The van der Waals surface area contributed by atoms with E-state index >= 15 is 0 Å². The summed E-state index contributed by atoms with van der Waals surface area (Å²) in [6.45, 7) is 0.741. The van der Waals surface area contributed by atoms with Gasteiger partial charge in [-0.1, -0.05) is 73.5 Å². The number of carbonyl (C=O) groups is 1. The molecule has 0 bridgehead atoms. The van der Waals surface area contributed by atoms with Crippen molar-refractivity contribution in [3.05, 3.63) is 71.8 Å². The van der Waals surface area contributed by atoms with E-state index < -0.39 is 0 Å². The molecule has 1 fully saturated rings. The maximum absolute atomic E-state index is 12.9. The summed E-state index contributed by atoms with van der Waals surface area (Å²) in [7, 11) is 0. The van der Waals surface area contributed by atoms with E-state index in [-0.39, 0.29) is 11.3 Å². The molecule has 0 heterocycles. The predicted molar refractivity (Wildman–Crippen MR) is 102 cm³/mol. The average molecular weight is 340 g/mol. The molecule has 0 unspecified atom stereocenters. The third kappa shape index (κ3) is 4.02. The van der Waals surface area contributed by atoms with Crippen LogP contribution in [0.15, 0.2) is 60.7 Å². The maximum atomic E-state index is 12.9. The minimum Gasteiger partial charge on any atom is -0.355 e. The normalized spacial score (nSPS) is 16.0. The zero-order valence-electron chi connectivity index (χ0n) is 14.0. The minimum atomic E-state index is -0.300. The number of hydrogen-bond donors (Lipinski definition) is 1. The SMILES string of the molecule is O=C(NCCSCc1ccccc1)C1(c2ccccc2)CCCC1. The standard InChI is InChI=1S/C21H25NOS/c23-20(22-15-16-24-17-18-9-3-1-4-10-18)21(13-7-8-14-21)19-11-5-2-6-12-19/h1-6,9-12H,7-8,13-17H2,(H,22,23). The Bertz CT molecular complexity index is 635. The van der Waals surface area contributed by atoms with Gasteiger partial charge < -0.3 is 5.32 Å². The summed E-state index contributed by atoms with van der Waals surface area (Å²) in [4.78, 5) is 12.9. The molecule has 1 saturated carbocycles. The lowest BCUT2D eigenvalue weighted by atomic mass is 9.78. The Morgan fingerprint density at radius 1 is 0.958 bits per heavy atom. The first-order chi connectivity index (χ1) is 11.8. The van der Waals surface area contributed by atoms with E-state index in [1.165, 1.54) is 11.1 Å². The molecular weight excluding hydrogens is 314 g/mol. The topological polar surface area (TPSA) is 29.1 Å². The first kappa shape index (κ1) is 17.1. The molecule has 0 aliphatic heterocycles. The molecule has 1 amide bonds. The molecular formula is C21H25NOS. The third-order valence-electron chi connectivity index (χ3n) is 4.86. The van der Waals surface area contributed by atoms with Gasteiger partial charge in [-0.3, -0.25) is 4.79 Å². The Hall–Kier alpha value is -1.74. The lowest BCUT2D eigenvalue weighted by Gasteiger charge is -2.28.